The summed E-state index contributed by atoms with van der Waals surface area (Å²) in [7, 11) is 1.80. The lowest BCUT2D eigenvalue weighted by molar-refractivity contribution is 0.0146. The highest BCUT2D eigenvalue weighted by Gasteiger charge is 2.21. The van der Waals surface area contributed by atoms with E-state index in [4.69, 9.17) is 4.74 Å². The standard InChI is InChI=1S/C12H17NO.C7H13N/c1-10(11-5-3-2-4-6-11)12-9-13-7-8-14-12;1-4-5-6-7(2)8-3/h2-6,10,12-13H,7-9H2,1H3;5-6H,4H2,1-3H3/b;6-5-,8-7?. The number of nitrogens with one attached hydrogen (secondary N) is 1. The molecule has 3 heteroatoms. The molecule has 22 heavy (non-hydrogen) atoms. The van der Waals surface area contributed by atoms with E-state index in [9.17, 15) is 0 Å². The average molecular weight is 302 g/mol. The Bertz CT molecular complexity index is 448. The lowest BCUT2D eigenvalue weighted by Crippen LogP contribution is -2.41. The van der Waals surface area contributed by atoms with Gasteiger partial charge in [-0.1, -0.05) is 50.3 Å². The average Bonchev–Trinajstić information content (AvgIpc) is 2.61. The topological polar surface area (TPSA) is 33.6 Å². The maximum atomic E-state index is 5.73. The molecule has 0 saturated carbocycles. The van der Waals surface area contributed by atoms with Crippen molar-refractivity contribution in [3.05, 3.63) is 48.0 Å². The van der Waals surface area contributed by atoms with Crippen LogP contribution in [-0.4, -0.2) is 38.6 Å². The largest absolute Gasteiger partial charge is 0.375 e. The number of hydrogen-bond acceptors (Lipinski definition) is 3. The van der Waals surface area contributed by atoms with Crippen LogP contribution in [0, 0.1) is 0 Å². The van der Waals surface area contributed by atoms with Crippen LogP contribution >= 0.6 is 0 Å². The van der Waals surface area contributed by atoms with Gasteiger partial charge in [0.05, 0.1) is 12.7 Å². The second-order valence-electron chi connectivity index (χ2n) is 5.49. The Morgan fingerprint density at radius 3 is 2.68 bits per heavy atom. The van der Waals surface area contributed by atoms with Gasteiger partial charge in [-0.05, 0) is 25.0 Å². The van der Waals surface area contributed by atoms with Gasteiger partial charge in [0.2, 0.25) is 0 Å². The smallest absolute Gasteiger partial charge is 0.0765 e. The highest BCUT2D eigenvalue weighted by atomic mass is 16.5. The Labute approximate surface area is 135 Å². The molecule has 1 fully saturated rings. The van der Waals surface area contributed by atoms with Crippen molar-refractivity contribution in [1.82, 2.24) is 5.32 Å². The molecule has 1 aliphatic heterocycles. The van der Waals surface area contributed by atoms with E-state index in [0.29, 0.717) is 12.0 Å². The summed E-state index contributed by atoms with van der Waals surface area (Å²) in [5.41, 5.74) is 2.45. The first-order valence-electron chi connectivity index (χ1n) is 8.16. The molecule has 0 radical (unpaired) electrons. The van der Waals surface area contributed by atoms with Crippen LogP contribution < -0.4 is 5.32 Å². The Morgan fingerprint density at radius 1 is 1.41 bits per heavy atom. The van der Waals surface area contributed by atoms with Crippen molar-refractivity contribution in [2.45, 2.75) is 39.2 Å². The summed E-state index contributed by atoms with van der Waals surface area (Å²) in [5.74, 6) is 0.476. The molecule has 3 nitrogen and oxygen atoms in total. The summed E-state index contributed by atoms with van der Waals surface area (Å²) in [4.78, 5) is 3.96. The van der Waals surface area contributed by atoms with E-state index in [1.165, 1.54) is 5.56 Å². The van der Waals surface area contributed by atoms with Crippen LogP contribution in [0.15, 0.2) is 47.5 Å². The van der Waals surface area contributed by atoms with Crippen LogP contribution in [-0.2, 0) is 4.74 Å². The molecule has 122 valence electrons. The minimum atomic E-state index is 0.325. The van der Waals surface area contributed by atoms with Crippen molar-refractivity contribution in [2.75, 3.05) is 26.7 Å². The van der Waals surface area contributed by atoms with E-state index < -0.39 is 0 Å². The Kier molecular flexibility index (Phi) is 9.44. The first kappa shape index (κ1) is 18.6. The van der Waals surface area contributed by atoms with Gasteiger partial charge in [-0.15, -0.1) is 0 Å². The van der Waals surface area contributed by atoms with Gasteiger partial charge < -0.3 is 10.1 Å². The lowest BCUT2D eigenvalue weighted by atomic mass is 9.95. The monoisotopic (exact) mass is 302 g/mol. The third-order valence-electron chi connectivity index (χ3n) is 3.79. The fourth-order valence-electron chi connectivity index (χ4n) is 2.24. The van der Waals surface area contributed by atoms with E-state index in [1.54, 1.807) is 7.05 Å². The minimum Gasteiger partial charge on any atom is -0.375 e. The van der Waals surface area contributed by atoms with E-state index in [-0.39, 0.29) is 0 Å². The zero-order valence-electron chi connectivity index (χ0n) is 14.4. The van der Waals surface area contributed by atoms with Gasteiger partial charge in [0.1, 0.15) is 0 Å². The van der Waals surface area contributed by atoms with Gasteiger partial charge >= 0.3 is 0 Å². The van der Waals surface area contributed by atoms with Crippen LogP contribution in [0.4, 0.5) is 0 Å². The molecule has 2 atom stereocenters. The predicted octanol–water partition coefficient (Wildman–Crippen LogP) is 3.82. The van der Waals surface area contributed by atoms with Gasteiger partial charge in [-0.3, -0.25) is 4.99 Å². The molecule has 0 amide bonds. The Balaban J connectivity index is 0.000000261. The van der Waals surface area contributed by atoms with Gasteiger partial charge in [0.25, 0.3) is 0 Å². The number of aliphatic imine (C=N–C) groups is 1. The summed E-state index contributed by atoms with van der Waals surface area (Å²) >= 11 is 0. The Hall–Kier alpha value is -1.45. The molecule has 0 aromatic heterocycles. The van der Waals surface area contributed by atoms with Gasteiger partial charge in [-0.2, -0.15) is 0 Å². The number of hydrogen-bond donors (Lipinski definition) is 1. The van der Waals surface area contributed by atoms with Gasteiger partial charge in [0, 0.05) is 31.8 Å². The second-order valence-corrected chi connectivity index (χ2v) is 5.49. The number of morpholine rings is 1. The van der Waals surface area contributed by atoms with E-state index in [1.807, 2.05) is 13.0 Å². The molecule has 1 aromatic carbocycles. The van der Waals surface area contributed by atoms with E-state index in [2.05, 4.69) is 60.6 Å². The van der Waals surface area contributed by atoms with Crippen molar-refractivity contribution in [3.8, 4) is 0 Å². The number of allylic oxidation sites excluding steroid dienone is 2. The molecular weight excluding hydrogens is 272 g/mol. The van der Waals surface area contributed by atoms with Crippen molar-refractivity contribution >= 4 is 5.71 Å². The van der Waals surface area contributed by atoms with Crippen LogP contribution in [0.5, 0.6) is 0 Å². The molecule has 2 unspecified atom stereocenters. The molecular formula is C19H30N2O. The normalized spacial score (nSPS) is 20.4. The zero-order chi connectivity index (χ0) is 16.2. The lowest BCUT2D eigenvalue weighted by Gasteiger charge is -2.29. The van der Waals surface area contributed by atoms with Crippen LogP contribution in [0.25, 0.3) is 0 Å². The SMILES string of the molecule is CC(c1ccccc1)C1CNCCO1.CC/C=C\C(C)=NC. The molecule has 1 aromatic rings. The first-order valence-corrected chi connectivity index (χ1v) is 8.16. The number of rotatable bonds is 4. The van der Waals surface area contributed by atoms with E-state index >= 15 is 0 Å². The summed E-state index contributed by atoms with van der Waals surface area (Å²) in [6, 6.07) is 10.6. The van der Waals surface area contributed by atoms with Crippen molar-refractivity contribution < 1.29 is 4.74 Å². The first-order chi connectivity index (χ1) is 10.7. The maximum absolute atomic E-state index is 5.73. The number of ether oxygens (including phenoxy) is 1. The summed E-state index contributed by atoms with van der Waals surface area (Å²) in [6.45, 7) is 9.12. The third kappa shape index (κ3) is 7.01. The highest BCUT2D eigenvalue weighted by molar-refractivity contribution is 5.92. The van der Waals surface area contributed by atoms with Crippen molar-refractivity contribution in [2.24, 2.45) is 4.99 Å². The zero-order valence-corrected chi connectivity index (χ0v) is 14.4. The number of benzene rings is 1. The van der Waals surface area contributed by atoms with Crippen LogP contribution in [0.2, 0.25) is 0 Å². The predicted molar refractivity (Wildman–Crippen MR) is 95.9 cm³/mol. The minimum absolute atomic E-state index is 0.325. The third-order valence-corrected chi connectivity index (χ3v) is 3.79. The molecule has 0 bridgehead atoms. The Morgan fingerprint density at radius 2 is 2.14 bits per heavy atom. The maximum Gasteiger partial charge on any atom is 0.0765 e. The fourth-order valence-corrected chi connectivity index (χ4v) is 2.24. The second kappa shape index (κ2) is 11.2. The van der Waals surface area contributed by atoms with Crippen LogP contribution in [0.3, 0.4) is 0 Å². The van der Waals surface area contributed by atoms with Crippen molar-refractivity contribution in [1.29, 1.82) is 0 Å². The summed E-state index contributed by atoms with van der Waals surface area (Å²) in [5, 5.41) is 3.36. The molecule has 1 saturated heterocycles. The van der Waals surface area contributed by atoms with E-state index in [0.717, 1.165) is 31.8 Å². The molecule has 0 spiro atoms. The summed E-state index contributed by atoms with van der Waals surface area (Å²) in [6.07, 6.45) is 5.54. The molecule has 2 rings (SSSR count). The molecule has 1 aliphatic rings. The molecule has 1 N–H and O–H groups in total. The van der Waals surface area contributed by atoms with Gasteiger partial charge in [-0.25, -0.2) is 0 Å². The quantitative estimate of drug-likeness (QED) is 0.858. The summed E-state index contributed by atoms with van der Waals surface area (Å²) < 4.78 is 5.73. The molecule has 1 heterocycles. The van der Waals surface area contributed by atoms with Gasteiger partial charge in [0.15, 0.2) is 0 Å². The fraction of sp³-hybridized carbons (Fsp3) is 0.526. The van der Waals surface area contributed by atoms with Crippen molar-refractivity contribution in [3.63, 3.8) is 0 Å². The molecule has 0 aliphatic carbocycles. The van der Waals surface area contributed by atoms with Crippen LogP contribution in [0.1, 0.15) is 38.7 Å². The highest BCUT2D eigenvalue weighted by Crippen LogP contribution is 2.21. The number of nitrogens with zero attached hydrogens (tertiary/aromatic N) is 1.